The van der Waals surface area contributed by atoms with E-state index < -0.39 is 0 Å². The molecule has 4 heteroatoms. The number of hydrogen-bond acceptors (Lipinski definition) is 4. The average molecular weight is 749 g/mol. The Morgan fingerprint density at radius 2 is 0.455 bits per heavy atom. The molecule has 4 N–H and O–H groups in total. The van der Waals surface area contributed by atoms with Gasteiger partial charge in [-0.15, -0.1) is 0 Å². The van der Waals surface area contributed by atoms with Crippen LogP contribution in [0.25, 0.3) is 0 Å². The summed E-state index contributed by atoms with van der Waals surface area (Å²) in [6.07, 6.45) is 1.63. The highest BCUT2D eigenvalue weighted by atomic mass is 16.3. The second kappa shape index (κ2) is 14.5. The fraction of sp³-hybridized carbons (Fsp3) is 0.529. The minimum absolute atomic E-state index is 0.243. The first kappa shape index (κ1) is 43.8. The normalized spacial score (nSPS) is 13.4. The third kappa shape index (κ3) is 9.91. The molecule has 0 radical (unpaired) electrons. The summed E-state index contributed by atoms with van der Waals surface area (Å²) in [5.74, 6) is 1.26. The van der Waals surface area contributed by atoms with E-state index in [9.17, 15) is 20.4 Å². The first-order valence-corrected chi connectivity index (χ1v) is 20.1. The molecular weight excluding hydrogens is 677 g/mol. The van der Waals surface area contributed by atoms with Crippen molar-refractivity contribution < 1.29 is 20.4 Å². The van der Waals surface area contributed by atoms with Gasteiger partial charge >= 0.3 is 0 Å². The molecule has 0 aliphatic rings. The Bertz CT molecular complexity index is 1830. The van der Waals surface area contributed by atoms with Gasteiger partial charge < -0.3 is 20.4 Å². The third-order valence-corrected chi connectivity index (χ3v) is 10.9. The van der Waals surface area contributed by atoms with Crippen molar-refractivity contribution in [3.8, 4) is 23.0 Å². The van der Waals surface area contributed by atoms with E-state index in [1.54, 1.807) is 0 Å². The van der Waals surface area contributed by atoms with Crippen LogP contribution in [-0.4, -0.2) is 20.4 Å². The molecular formula is C51H72O4. The molecule has 0 spiro atoms. The summed E-state index contributed by atoms with van der Waals surface area (Å²) in [6, 6.07) is 17.0. The van der Waals surface area contributed by atoms with Crippen molar-refractivity contribution in [3.05, 3.63) is 115 Å². The molecule has 0 aliphatic heterocycles. The Hall–Kier alpha value is -3.92. The van der Waals surface area contributed by atoms with Crippen molar-refractivity contribution >= 4 is 0 Å². The van der Waals surface area contributed by atoms with E-state index in [4.69, 9.17) is 0 Å². The van der Waals surface area contributed by atoms with Gasteiger partial charge in [0.2, 0.25) is 0 Å². The smallest absolute Gasteiger partial charge is 0.123 e. The quantitative estimate of drug-likeness (QED) is 0.158. The first-order valence-electron chi connectivity index (χ1n) is 20.1. The number of phenolic OH excluding ortho intramolecular Hbond substituents is 4. The number of aromatic hydroxyl groups is 4. The molecule has 0 heterocycles. The van der Waals surface area contributed by atoms with Gasteiger partial charge in [-0.05, 0) is 112 Å². The van der Waals surface area contributed by atoms with Crippen LogP contribution < -0.4 is 0 Å². The van der Waals surface area contributed by atoms with E-state index in [2.05, 4.69) is 173 Å². The van der Waals surface area contributed by atoms with E-state index in [0.29, 0.717) is 30.8 Å². The maximum absolute atomic E-state index is 11.9. The van der Waals surface area contributed by atoms with Crippen LogP contribution in [0.5, 0.6) is 23.0 Å². The molecule has 4 rings (SSSR count). The van der Waals surface area contributed by atoms with Crippen LogP contribution in [0.4, 0.5) is 0 Å². The Balaban J connectivity index is 1.91. The van der Waals surface area contributed by atoms with E-state index in [-0.39, 0.29) is 44.0 Å². The van der Waals surface area contributed by atoms with Crippen LogP contribution in [0.1, 0.15) is 191 Å². The van der Waals surface area contributed by atoms with Gasteiger partial charge in [-0.1, -0.05) is 173 Å². The lowest BCUT2D eigenvalue weighted by Gasteiger charge is -2.29. The molecule has 0 aliphatic carbocycles. The second-order valence-corrected chi connectivity index (χ2v) is 22.4. The minimum Gasteiger partial charge on any atom is -0.507 e. The summed E-state index contributed by atoms with van der Waals surface area (Å²) in [6.45, 7) is 38.3. The van der Waals surface area contributed by atoms with E-state index in [1.807, 2.05) is 0 Å². The number of rotatable bonds is 6. The zero-order valence-electron chi connectivity index (χ0n) is 37.5. The van der Waals surface area contributed by atoms with Crippen molar-refractivity contribution in [2.45, 2.75) is 176 Å². The zero-order chi connectivity index (χ0) is 42.0. The average Bonchev–Trinajstić information content (AvgIpc) is 2.98. The van der Waals surface area contributed by atoms with Crippen molar-refractivity contribution in [2.24, 2.45) is 0 Å². The largest absolute Gasteiger partial charge is 0.507 e. The maximum atomic E-state index is 11.9. The number of phenols is 4. The van der Waals surface area contributed by atoms with Gasteiger partial charge in [-0.3, -0.25) is 0 Å². The second-order valence-electron chi connectivity index (χ2n) is 22.4. The van der Waals surface area contributed by atoms with Crippen molar-refractivity contribution in [1.29, 1.82) is 0 Å². The molecule has 0 fully saturated rings. The van der Waals surface area contributed by atoms with Crippen LogP contribution in [0, 0.1) is 0 Å². The summed E-state index contributed by atoms with van der Waals surface area (Å²) in [5.41, 5.74) is 9.74. The number of benzene rings is 4. The highest BCUT2D eigenvalue weighted by Crippen LogP contribution is 2.44. The van der Waals surface area contributed by atoms with Crippen molar-refractivity contribution in [1.82, 2.24) is 0 Å². The van der Waals surface area contributed by atoms with Crippen LogP contribution >= 0.6 is 0 Å². The summed E-state index contributed by atoms with van der Waals surface area (Å²) < 4.78 is 0. The van der Waals surface area contributed by atoms with E-state index in [0.717, 1.165) is 66.8 Å². The highest BCUT2D eigenvalue weighted by Gasteiger charge is 2.30. The lowest BCUT2D eigenvalue weighted by Crippen LogP contribution is -2.18. The lowest BCUT2D eigenvalue weighted by atomic mass is 9.77. The van der Waals surface area contributed by atoms with Gasteiger partial charge in [0, 0.05) is 6.42 Å². The first-order chi connectivity index (χ1) is 24.7. The van der Waals surface area contributed by atoms with Gasteiger partial charge in [-0.25, -0.2) is 0 Å². The predicted octanol–water partition coefficient (Wildman–Crippen LogP) is 13.1. The summed E-state index contributed by atoms with van der Waals surface area (Å²) in [4.78, 5) is 0. The van der Waals surface area contributed by atoms with Crippen molar-refractivity contribution in [3.63, 3.8) is 0 Å². The fourth-order valence-electron chi connectivity index (χ4n) is 7.69. The topological polar surface area (TPSA) is 80.9 Å². The summed E-state index contributed by atoms with van der Waals surface area (Å²) >= 11 is 0. The molecule has 0 amide bonds. The van der Waals surface area contributed by atoms with Crippen molar-refractivity contribution in [2.75, 3.05) is 0 Å². The molecule has 0 unspecified atom stereocenters. The molecule has 300 valence electrons. The summed E-state index contributed by atoms with van der Waals surface area (Å²) in [7, 11) is 0. The molecule has 55 heavy (non-hydrogen) atoms. The molecule has 0 saturated heterocycles. The highest BCUT2D eigenvalue weighted by molar-refractivity contribution is 5.57. The van der Waals surface area contributed by atoms with E-state index in [1.165, 1.54) is 0 Å². The van der Waals surface area contributed by atoms with Gasteiger partial charge in [0.25, 0.3) is 0 Å². The van der Waals surface area contributed by atoms with Crippen LogP contribution in [0.2, 0.25) is 0 Å². The fourth-order valence-corrected chi connectivity index (χ4v) is 7.69. The van der Waals surface area contributed by atoms with Crippen LogP contribution in [0.3, 0.4) is 0 Å². The predicted molar refractivity (Wildman–Crippen MR) is 233 cm³/mol. The Kier molecular flexibility index (Phi) is 11.6. The van der Waals surface area contributed by atoms with Crippen LogP contribution in [0.15, 0.2) is 48.5 Å². The van der Waals surface area contributed by atoms with Gasteiger partial charge in [0.15, 0.2) is 0 Å². The Labute approximate surface area is 334 Å². The molecule has 0 saturated carbocycles. The van der Waals surface area contributed by atoms with Crippen LogP contribution in [-0.2, 0) is 51.8 Å². The molecule has 4 aromatic rings. The Morgan fingerprint density at radius 3 is 0.655 bits per heavy atom. The summed E-state index contributed by atoms with van der Waals surface area (Å²) in [5, 5.41) is 46.7. The van der Waals surface area contributed by atoms with Gasteiger partial charge in [-0.2, -0.15) is 0 Å². The molecule has 0 aromatic heterocycles. The maximum Gasteiger partial charge on any atom is 0.123 e. The number of hydrogen-bond donors (Lipinski definition) is 4. The zero-order valence-corrected chi connectivity index (χ0v) is 37.5. The lowest BCUT2D eigenvalue weighted by molar-refractivity contribution is 0.422. The monoisotopic (exact) mass is 749 g/mol. The molecule has 0 atom stereocenters. The van der Waals surface area contributed by atoms with Gasteiger partial charge in [0.1, 0.15) is 23.0 Å². The minimum atomic E-state index is -0.328. The third-order valence-electron chi connectivity index (χ3n) is 10.9. The molecule has 0 bridgehead atoms. The molecule has 4 nitrogen and oxygen atoms in total. The molecule has 4 aromatic carbocycles. The van der Waals surface area contributed by atoms with E-state index >= 15 is 0 Å². The SMILES string of the molecule is CC(C)(C)c1cc(Cc2cc(C(C)(C)C)c(O)c(C(C)(C)C)c2)cc(Cc2cc(Cc3cc(C(C)(C)C)c(O)c(C(C)(C)C)c3)cc(C(C)(C)C)c2O)c1O. The standard InChI is InChI=1S/C51H72O4/c1-46(2,3)36-23-30(19-32-25-38(48(7,8)9)44(54)39(26-32)49(10,11)12)21-34(42(36)52)29-35-22-31(24-37(43(35)53)47(4,5)6)20-33-27-40(50(13,14)15)45(55)41(28-33)51(16,17)18/h21-28,52-55H,19-20,29H2,1-18H3. The Morgan fingerprint density at radius 1 is 0.273 bits per heavy atom. The van der Waals surface area contributed by atoms with Gasteiger partial charge in [0.05, 0.1) is 0 Å².